The number of hydrogen-bond donors (Lipinski definition) is 1. The summed E-state index contributed by atoms with van der Waals surface area (Å²) in [5.74, 6) is -1.88. The molecule has 0 fully saturated rings. The van der Waals surface area contributed by atoms with Gasteiger partial charge in [0, 0.05) is 24.4 Å². The molecule has 3 heterocycles. The fraction of sp³-hybridized carbons (Fsp3) is 0.333. The summed E-state index contributed by atoms with van der Waals surface area (Å²) in [7, 11) is -0.814. The van der Waals surface area contributed by atoms with Gasteiger partial charge in [0.25, 0.3) is 0 Å². The SMILES string of the molecule is COc1ccnc(CS(=O)c2nc3cc4c(cc3[nH]2)OC(F)(F)C(F)(Cl)O4)c1OCC(F)(F)F. The predicted octanol–water partition coefficient (Wildman–Crippen LogP) is 4.44. The molecule has 4 rings (SSSR count). The van der Waals surface area contributed by atoms with Gasteiger partial charge in [0.1, 0.15) is 0 Å². The lowest BCUT2D eigenvalue weighted by atomic mass is 10.2. The summed E-state index contributed by atoms with van der Waals surface area (Å²) in [5.41, 5.74) is 0.00227. The monoisotopic (exact) mass is 531 g/mol. The van der Waals surface area contributed by atoms with Crippen LogP contribution in [0.5, 0.6) is 23.0 Å². The summed E-state index contributed by atoms with van der Waals surface area (Å²) in [4.78, 5) is 10.6. The number of alkyl halides is 7. The zero-order valence-corrected chi connectivity index (χ0v) is 18.3. The Kier molecular flexibility index (Phi) is 5.96. The van der Waals surface area contributed by atoms with E-state index in [1.807, 2.05) is 0 Å². The van der Waals surface area contributed by atoms with Crippen LogP contribution in [0.2, 0.25) is 0 Å². The predicted molar refractivity (Wildman–Crippen MR) is 104 cm³/mol. The number of aromatic nitrogens is 3. The number of hydrogen-bond acceptors (Lipinski definition) is 7. The van der Waals surface area contributed by atoms with E-state index < -0.39 is 52.3 Å². The topological polar surface area (TPSA) is 95.6 Å². The molecular formula is C18H12ClF6N3O5S. The number of rotatable bonds is 6. The standard InChI is InChI=1S/C18H12ClF6N3O5S/c1-30-11-2-3-26-10(14(11)31-7-16(20,21)22)6-34(29)15-27-8-4-12-13(5-9(8)28-15)33-18(24,25)17(19,23)32-12/h2-5H,6-7H2,1H3,(H,27,28). The minimum Gasteiger partial charge on any atom is -0.493 e. The number of imidazole rings is 1. The number of pyridine rings is 1. The smallest absolute Gasteiger partial charge is 0.488 e. The quantitative estimate of drug-likeness (QED) is 0.371. The van der Waals surface area contributed by atoms with E-state index in [0.717, 1.165) is 12.1 Å². The maximum Gasteiger partial charge on any atom is 0.488 e. The van der Waals surface area contributed by atoms with Crippen LogP contribution in [0.1, 0.15) is 5.69 Å². The Hall–Kier alpha value is -2.94. The maximum absolute atomic E-state index is 13.8. The fourth-order valence-corrected chi connectivity index (χ4v) is 4.03. The summed E-state index contributed by atoms with van der Waals surface area (Å²) in [6.07, 6.45) is -7.91. The average molecular weight is 532 g/mol. The molecule has 0 radical (unpaired) electrons. The molecule has 3 aromatic rings. The normalized spacial score (nSPS) is 20.2. The Labute approximate surface area is 193 Å². The third-order valence-electron chi connectivity index (χ3n) is 4.37. The van der Waals surface area contributed by atoms with Crippen LogP contribution in [0.4, 0.5) is 26.3 Å². The van der Waals surface area contributed by atoms with E-state index in [1.54, 1.807) is 0 Å². The first kappa shape index (κ1) is 24.2. The van der Waals surface area contributed by atoms with Crippen molar-refractivity contribution in [2.45, 2.75) is 28.5 Å². The van der Waals surface area contributed by atoms with E-state index in [0.29, 0.717) is 0 Å². The average Bonchev–Trinajstić information content (AvgIpc) is 3.13. The van der Waals surface area contributed by atoms with Crippen molar-refractivity contribution >= 4 is 33.4 Å². The Bertz CT molecular complexity index is 1220. The summed E-state index contributed by atoms with van der Waals surface area (Å²) >= 11 is 5.04. The number of H-pyrrole nitrogens is 1. The van der Waals surface area contributed by atoms with E-state index in [1.165, 1.54) is 19.4 Å². The summed E-state index contributed by atoms with van der Waals surface area (Å²) < 4.78 is 110. The lowest BCUT2D eigenvalue weighted by Crippen LogP contribution is -2.51. The molecule has 0 spiro atoms. The van der Waals surface area contributed by atoms with Gasteiger partial charge in [-0.25, -0.2) is 4.98 Å². The van der Waals surface area contributed by atoms with Crippen molar-refractivity contribution in [3.63, 3.8) is 0 Å². The molecule has 0 bridgehead atoms. The van der Waals surface area contributed by atoms with Gasteiger partial charge in [0.05, 0.1) is 40.4 Å². The Morgan fingerprint density at radius 2 is 1.91 bits per heavy atom. The van der Waals surface area contributed by atoms with E-state index in [2.05, 4.69) is 24.4 Å². The lowest BCUT2D eigenvalue weighted by Gasteiger charge is -2.33. The van der Waals surface area contributed by atoms with Crippen LogP contribution < -0.4 is 18.9 Å². The second-order valence-corrected chi connectivity index (χ2v) is 8.63. The van der Waals surface area contributed by atoms with Crippen LogP contribution in [-0.2, 0) is 16.6 Å². The molecular weight excluding hydrogens is 520 g/mol. The fourth-order valence-electron chi connectivity index (χ4n) is 2.89. The first-order valence-corrected chi connectivity index (χ1v) is 10.8. The minimum atomic E-state index is -4.64. The van der Waals surface area contributed by atoms with Gasteiger partial charge >= 0.3 is 17.6 Å². The van der Waals surface area contributed by atoms with Gasteiger partial charge in [-0.2, -0.15) is 26.3 Å². The molecule has 0 saturated heterocycles. The molecule has 2 aromatic heterocycles. The van der Waals surface area contributed by atoms with E-state index in [-0.39, 0.29) is 33.4 Å². The first-order valence-electron chi connectivity index (χ1n) is 9.07. The van der Waals surface area contributed by atoms with Crippen molar-refractivity contribution in [3.05, 3.63) is 30.1 Å². The third-order valence-corrected chi connectivity index (χ3v) is 5.82. The Balaban J connectivity index is 1.62. The highest BCUT2D eigenvalue weighted by Crippen LogP contribution is 2.49. The number of fused-ring (bicyclic) bond motifs is 2. The number of halogens is 7. The molecule has 2 atom stereocenters. The largest absolute Gasteiger partial charge is 0.493 e. The van der Waals surface area contributed by atoms with Crippen molar-refractivity contribution in [1.82, 2.24) is 15.0 Å². The molecule has 8 nitrogen and oxygen atoms in total. The lowest BCUT2D eigenvalue weighted by molar-refractivity contribution is -0.303. The molecule has 34 heavy (non-hydrogen) atoms. The van der Waals surface area contributed by atoms with Crippen LogP contribution in [0.3, 0.4) is 0 Å². The van der Waals surface area contributed by atoms with Gasteiger partial charge < -0.3 is 23.9 Å². The molecule has 16 heteroatoms. The van der Waals surface area contributed by atoms with E-state index >= 15 is 0 Å². The maximum atomic E-state index is 13.8. The van der Waals surface area contributed by atoms with Crippen LogP contribution in [0, 0.1) is 0 Å². The van der Waals surface area contributed by atoms with Crippen LogP contribution >= 0.6 is 11.6 Å². The number of ether oxygens (including phenoxy) is 4. The zero-order valence-electron chi connectivity index (χ0n) is 16.7. The highest BCUT2D eigenvalue weighted by Gasteiger charge is 2.63. The Morgan fingerprint density at radius 1 is 1.21 bits per heavy atom. The molecule has 0 saturated carbocycles. The minimum absolute atomic E-state index is 0.0375. The Morgan fingerprint density at radius 3 is 2.59 bits per heavy atom. The molecule has 0 aliphatic carbocycles. The molecule has 1 aliphatic rings. The van der Waals surface area contributed by atoms with Gasteiger partial charge in [0.15, 0.2) is 34.8 Å². The number of benzene rings is 1. The number of nitrogens with one attached hydrogen (secondary N) is 1. The van der Waals surface area contributed by atoms with Gasteiger partial charge in [-0.3, -0.25) is 9.19 Å². The number of methoxy groups -OCH3 is 1. The highest BCUT2D eigenvalue weighted by molar-refractivity contribution is 7.84. The molecule has 1 aromatic carbocycles. The van der Waals surface area contributed by atoms with E-state index in [4.69, 9.17) is 21.1 Å². The molecule has 1 N–H and O–H groups in total. The third kappa shape index (κ3) is 4.66. The van der Waals surface area contributed by atoms with E-state index in [9.17, 15) is 30.6 Å². The highest BCUT2D eigenvalue weighted by atomic mass is 35.5. The zero-order chi connectivity index (χ0) is 24.9. The van der Waals surface area contributed by atoms with Gasteiger partial charge in [-0.15, -0.1) is 0 Å². The molecule has 0 amide bonds. The molecule has 1 aliphatic heterocycles. The van der Waals surface area contributed by atoms with Crippen molar-refractivity contribution < 1.29 is 49.5 Å². The summed E-state index contributed by atoms with van der Waals surface area (Å²) in [5, 5.41) is -4.14. The van der Waals surface area contributed by atoms with Crippen molar-refractivity contribution in [2.24, 2.45) is 0 Å². The van der Waals surface area contributed by atoms with Gasteiger partial charge in [-0.05, 0) is 11.6 Å². The first-order chi connectivity index (χ1) is 15.8. The molecule has 2 unspecified atom stereocenters. The van der Waals surface area contributed by atoms with Gasteiger partial charge in [0.2, 0.25) is 0 Å². The number of aromatic amines is 1. The van der Waals surface area contributed by atoms with Gasteiger partial charge in [-0.1, -0.05) is 0 Å². The van der Waals surface area contributed by atoms with Crippen molar-refractivity contribution in [1.29, 1.82) is 0 Å². The van der Waals surface area contributed by atoms with Crippen molar-refractivity contribution in [2.75, 3.05) is 13.7 Å². The van der Waals surface area contributed by atoms with Crippen molar-refractivity contribution in [3.8, 4) is 23.0 Å². The number of nitrogens with zero attached hydrogens (tertiary/aromatic N) is 2. The summed E-state index contributed by atoms with van der Waals surface area (Å²) in [6, 6.07) is 3.32. The summed E-state index contributed by atoms with van der Waals surface area (Å²) in [6.45, 7) is -1.63. The van der Waals surface area contributed by atoms with Crippen LogP contribution in [-0.4, -0.2) is 50.5 Å². The second-order valence-electron chi connectivity index (χ2n) is 6.78. The molecule has 184 valence electrons. The second kappa shape index (κ2) is 8.37. The van der Waals surface area contributed by atoms with Crippen LogP contribution in [0.15, 0.2) is 29.6 Å². The van der Waals surface area contributed by atoms with Crippen LogP contribution in [0.25, 0.3) is 11.0 Å².